The van der Waals surface area contributed by atoms with Crippen LogP contribution in [-0.2, 0) is 0 Å². The molecule has 0 nitrogen and oxygen atoms in total. The maximum absolute atomic E-state index is 2.86. The van der Waals surface area contributed by atoms with Crippen LogP contribution in [0.4, 0.5) is 0 Å². The van der Waals surface area contributed by atoms with Crippen molar-refractivity contribution in [2.45, 2.75) is 13.8 Å². The fourth-order valence-electron chi connectivity index (χ4n) is 0.198. The molecule has 0 aliphatic carbocycles. The van der Waals surface area contributed by atoms with Crippen LogP contribution in [0.25, 0.3) is 0 Å². The molecular weight excluding hydrogens is 199 g/mol. The molecule has 0 saturated carbocycles. The summed E-state index contributed by atoms with van der Waals surface area (Å²) < 4.78 is 2.76. The van der Waals surface area contributed by atoms with E-state index in [1.165, 1.54) is 0 Å². The minimum absolute atomic E-state index is 0.599. The Morgan fingerprint density at radius 3 is 2.29 bits per heavy atom. The van der Waals surface area contributed by atoms with E-state index in [0.29, 0.717) is 5.92 Å². The van der Waals surface area contributed by atoms with E-state index in [2.05, 4.69) is 23.7 Å². The van der Waals surface area contributed by atoms with E-state index < -0.39 is 0 Å². The Hall–Kier alpha value is 0.290. The zero-order chi connectivity index (χ0) is 5.70. The van der Waals surface area contributed by atoms with Gasteiger partial charge in [0.15, 0.2) is 0 Å². The fraction of sp³-hybridized carbons (Fsp3) is 0.500. The number of hydrogen-bond donors (Lipinski definition) is 0. The highest BCUT2D eigenvalue weighted by molar-refractivity contribution is 14.1. The molecule has 0 spiro atoms. The molecule has 39 valence electrons. The first-order chi connectivity index (χ1) is 3.27. The van der Waals surface area contributed by atoms with E-state index in [0.717, 1.165) is 0 Å². The van der Waals surface area contributed by atoms with Crippen LogP contribution in [0.2, 0.25) is 0 Å². The van der Waals surface area contributed by atoms with E-state index in [9.17, 15) is 0 Å². The second kappa shape index (κ2) is 4.45. The van der Waals surface area contributed by atoms with E-state index in [-0.39, 0.29) is 0 Å². The highest BCUT2D eigenvalue weighted by Crippen LogP contribution is 1.94. The molecule has 7 heavy (non-hydrogen) atoms. The summed E-state index contributed by atoms with van der Waals surface area (Å²) >= 11 is 2.03. The topological polar surface area (TPSA) is 0 Å². The first kappa shape index (κ1) is 7.29. The van der Waals surface area contributed by atoms with Crippen molar-refractivity contribution in [2.75, 3.05) is 0 Å². The van der Waals surface area contributed by atoms with Gasteiger partial charge in [-0.1, -0.05) is 19.8 Å². The van der Waals surface area contributed by atoms with Crippen LogP contribution < -0.4 is 0 Å². The molecule has 0 bridgehead atoms. The molecular formula is C6H8I. The van der Waals surface area contributed by atoms with Crippen molar-refractivity contribution in [3.8, 4) is 9.85 Å². The maximum Gasteiger partial charge on any atom is 0.0374 e. The van der Waals surface area contributed by atoms with Gasteiger partial charge in [0.2, 0.25) is 0 Å². The third kappa shape index (κ3) is 6.29. The summed E-state index contributed by atoms with van der Waals surface area (Å²) in [7, 11) is 0. The van der Waals surface area contributed by atoms with Crippen LogP contribution in [0.3, 0.4) is 0 Å². The van der Waals surface area contributed by atoms with Crippen molar-refractivity contribution in [3.63, 3.8) is 0 Å². The Bertz CT molecular complexity index is 84.1. The summed E-state index contributed by atoms with van der Waals surface area (Å²) in [5.74, 6) is 3.46. The highest BCUT2D eigenvalue weighted by atomic mass is 127. The molecule has 0 aromatic carbocycles. The lowest BCUT2D eigenvalue weighted by atomic mass is 10.1. The maximum atomic E-state index is 2.86. The summed E-state index contributed by atoms with van der Waals surface area (Å²) in [6.45, 7) is 4.22. The van der Waals surface area contributed by atoms with E-state index in [1.54, 1.807) is 0 Å². The van der Waals surface area contributed by atoms with Gasteiger partial charge in [0, 0.05) is 29.0 Å². The van der Waals surface area contributed by atoms with Crippen molar-refractivity contribution in [1.29, 1.82) is 0 Å². The number of halogens is 1. The smallest absolute Gasteiger partial charge is 0.0374 e. The fourth-order valence-corrected chi connectivity index (χ4v) is 0.378. The molecule has 0 aliphatic heterocycles. The lowest BCUT2D eigenvalue weighted by Gasteiger charge is -1.89. The normalized spacial score (nSPS) is 8.00. The molecule has 0 N–H and O–H groups in total. The lowest BCUT2D eigenvalue weighted by Crippen LogP contribution is -1.81. The first-order valence-corrected chi connectivity index (χ1v) is 3.29. The summed E-state index contributed by atoms with van der Waals surface area (Å²) in [6, 6.07) is 0. The van der Waals surface area contributed by atoms with Gasteiger partial charge in [-0.2, -0.15) is 0 Å². The third-order valence-electron chi connectivity index (χ3n) is 0.471. The van der Waals surface area contributed by atoms with Crippen molar-refractivity contribution in [3.05, 3.63) is 6.42 Å². The molecule has 0 aliphatic rings. The molecule has 1 radical (unpaired) electrons. The predicted molar refractivity (Wildman–Crippen MR) is 40.9 cm³/mol. The van der Waals surface area contributed by atoms with Gasteiger partial charge in [-0.3, -0.25) is 0 Å². The van der Waals surface area contributed by atoms with Gasteiger partial charge in [-0.25, -0.2) is 0 Å². The van der Waals surface area contributed by atoms with Gasteiger partial charge in [0.25, 0.3) is 0 Å². The average Bonchev–Trinajstić information content (AvgIpc) is 1.61. The molecule has 0 saturated heterocycles. The van der Waals surface area contributed by atoms with Gasteiger partial charge < -0.3 is 0 Å². The van der Waals surface area contributed by atoms with Gasteiger partial charge in [0.1, 0.15) is 0 Å². The Balaban J connectivity index is 3.08. The zero-order valence-corrected chi connectivity index (χ0v) is 6.69. The minimum Gasteiger partial charge on any atom is -0.0869 e. The molecule has 0 atom stereocenters. The molecule has 0 aromatic heterocycles. The second-order valence-electron chi connectivity index (χ2n) is 1.65. The first-order valence-electron chi connectivity index (χ1n) is 2.22. The largest absolute Gasteiger partial charge is 0.0869 e. The Kier molecular flexibility index (Phi) is 4.63. The van der Waals surface area contributed by atoms with Crippen molar-refractivity contribution >= 4 is 22.6 Å². The second-order valence-corrected chi connectivity index (χ2v) is 2.19. The van der Waals surface area contributed by atoms with Crippen LogP contribution >= 0.6 is 22.6 Å². The zero-order valence-electron chi connectivity index (χ0n) is 4.53. The van der Waals surface area contributed by atoms with E-state index in [1.807, 2.05) is 29.0 Å². The Labute approximate surface area is 58.8 Å². The van der Waals surface area contributed by atoms with E-state index >= 15 is 0 Å². The van der Waals surface area contributed by atoms with Gasteiger partial charge >= 0.3 is 0 Å². The molecule has 0 aromatic rings. The van der Waals surface area contributed by atoms with E-state index in [4.69, 9.17) is 0 Å². The van der Waals surface area contributed by atoms with Crippen molar-refractivity contribution < 1.29 is 0 Å². The monoisotopic (exact) mass is 207 g/mol. The quantitative estimate of drug-likeness (QED) is 0.457. The minimum atomic E-state index is 0.599. The summed E-state index contributed by atoms with van der Waals surface area (Å²) in [6.07, 6.45) is 1.98. The Morgan fingerprint density at radius 1 is 1.57 bits per heavy atom. The number of rotatable bonds is 1. The summed E-state index contributed by atoms with van der Waals surface area (Å²) in [4.78, 5) is 0. The SMILES string of the molecule is CC(C)[CH]C#CI. The van der Waals surface area contributed by atoms with Crippen LogP contribution in [0.5, 0.6) is 0 Å². The standard InChI is InChI=1S/C6H8I/c1-6(2)4-3-5-7/h4,6H,1-2H3. The summed E-state index contributed by atoms with van der Waals surface area (Å²) in [5, 5.41) is 0. The molecule has 0 rings (SSSR count). The van der Waals surface area contributed by atoms with Crippen LogP contribution in [0.1, 0.15) is 13.8 Å². The molecule has 0 fully saturated rings. The van der Waals surface area contributed by atoms with Crippen LogP contribution in [0, 0.1) is 22.2 Å². The van der Waals surface area contributed by atoms with Crippen LogP contribution in [0.15, 0.2) is 0 Å². The molecule has 0 heterocycles. The lowest BCUT2D eigenvalue weighted by molar-refractivity contribution is 0.793. The molecule has 0 unspecified atom stereocenters. The van der Waals surface area contributed by atoms with Crippen molar-refractivity contribution in [2.24, 2.45) is 5.92 Å². The molecule has 1 heteroatoms. The predicted octanol–water partition coefficient (Wildman–Crippen LogP) is 2.24. The average molecular weight is 207 g/mol. The Morgan fingerprint density at radius 2 is 2.14 bits per heavy atom. The third-order valence-corrected chi connectivity index (χ3v) is 0.783. The number of hydrogen-bond acceptors (Lipinski definition) is 0. The molecule has 0 amide bonds. The summed E-state index contributed by atoms with van der Waals surface area (Å²) in [5.41, 5.74) is 0. The highest BCUT2D eigenvalue weighted by Gasteiger charge is 1.85. The van der Waals surface area contributed by atoms with Crippen LogP contribution in [-0.4, -0.2) is 0 Å². The van der Waals surface area contributed by atoms with Gasteiger partial charge in [0.05, 0.1) is 0 Å². The van der Waals surface area contributed by atoms with Crippen molar-refractivity contribution in [1.82, 2.24) is 0 Å². The van der Waals surface area contributed by atoms with Gasteiger partial charge in [-0.05, 0) is 9.85 Å². The van der Waals surface area contributed by atoms with Gasteiger partial charge in [-0.15, -0.1) is 0 Å².